The third-order valence-corrected chi connectivity index (χ3v) is 5.68. The SMILES string of the molecule is C=C(C)/C(=C/CC(C)C)C(C)N(Cc1ccc(CCCN(C)CCC)c(F)c1F)NC. The predicted octanol–water partition coefficient (Wildman–Crippen LogP) is 6.11. The van der Waals surface area contributed by atoms with Crippen molar-refractivity contribution < 1.29 is 8.78 Å². The minimum Gasteiger partial charge on any atom is -0.306 e. The summed E-state index contributed by atoms with van der Waals surface area (Å²) in [5.74, 6) is -0.907. The largest absolute Gasteiger partial charge is 0.306 e. The van der Waals surface area contributed by atoms with Crippen LogP contribution in [0.2, 0.25) is 0 Å². The van der Waals surface area contributed by atoms with E-state index < -0.39 is 11.6 Å². The highest BCUT2D eigenvalue weighted by Gasteiger charge is 2.21. The fraction of sp³-hybridized carbons (Fsp3) is 0.615. The van der Waals surface area contributed by atoms with Gasteiger partial charge in [-0.2, -0.15) is 0 Å². The van der Waals surface area contributed by atoms with E-state index in [-0.39, 0.29) is 12.6 Å². The van der Waals surface area contributed by atoms with Crippen LogP contribution in [0.1, 0.15) is 65.0 Å². The molecule has 0 aromatic heterocycles. The topological polar surface area (TPSA) is 18.5 Å². The molecule has 0 bridgehead atoms. The lowest BCUT2D eigenvalue weighted by atomic mass is 9.97. The van der Waals surface area contributed by atoms with E-state index in [0.717, 1.165) is 43.5 Å². The quantitative estimate of drug-likeness (QED) is 0.281. The molecule has 0 saturated carbocycles. The van der Waals surface area contributed by atoms with Crippen LogP contribution in [-0.4, -0.2) is 43.1 Å². The van der Waals surface area contributed by atoms with E-state index >= 15 is 0 Å². The summed E-state index contributed by atoms with van der Waals surface area (Å²) >= 11 is 0. The van der Waals surface area contributed by atoms with Crippen LogP contribution in [-0.2, 0) is 13.0 Å². The van der Waals surface area contributed by atoms with Gasteiger partial charge >= 0.3 is 0 Å². The summed E-state index contributed by atoms with van der Waals surface area (Å²) < 4.78 is 29.6. The molecule has 1 atom stereocenters. The van der Waals surface area contributed by atoms with Crippen molar-refractivity contribution >= 4 is 0 Å². The summed E-state index contributed by atoms with van der Waals surface area (Å²) in [5, 5.41) is 1.93. The van der Waals surface area contributed by atoms with Gasteiger partial charge in [0.2, 0.25) is 0 Å². The van der Waals surface area contributed by atoms with E-state index in [1.54, 1.807) is 12.1 Å². The molecule has 1 aromatic carbocycles. The second kappa shape index (κ2) is 13.8. The van der Waals surface area contributed by atoms with Gasteiger partial charge in [-0.15, -0.1) is 0 Å². The van der Waals surface area contributed by atoms with Crippen LogP contribution in [0.5, 0.6) is 0 Å². The van der Waals surface area contributed by atoms with E-state index in [1.165, 1.54) is 0 Å². The molecule has 0 amide bonds. The van der Waals surface area contributed by atoms with Gasteiger partial charge in [0.25, 0.3) is 0 Å². The van der Waals surface area contributed by atoms with Gasteiger partial charge in [0, 0.05) is 18.2 Å². The van der Waals surface area contributed by atoms with Gasteiger partial charge in [0.05, 0.1) is 0 Å². The van der Waals surface area contributed by atoms with Crippen molar-refractivity contribution in [3.8, 4) is 0 Å². The van der Waals surface area contributed by atoms with Crippen LogP contribution in [0.25, 0.3) is 0 Å². The maximum Gasteiger partial charge on any atom is 0.163 e. The van der Waals surface area contributed by atoms with Gasteiger partial charge in [0.15, 0.2) is 11.6 Å². The molecule has 0 aliphatic heterocycles. The summed E-state index contributed by atoms with van der Waals surface area (Å²) in [6.07, 6.45) is 5.61. The van der Waals surface area contributed by atoms with Gasteiger partial charge < -0.3 is 4.90 Å². The summed E-state index contributed by atoms with van der Waals surface area (Å²) in [5.41, 5.74) is 6.07. The predicted molar refractivity (Wildman–Crippen MR) is 129 cm³/mol. The number of halogens is 2. The number of aryl methyl sites for hydroxylation is 1. The summed E-state index contributed by atoms with van der Waals surface area (Å²) in [6.45, 7) is 16.8. The third kappa shape index (κ3) is 8.83. The molecule has 3 nitrogen and oxygen atoms in total. The summed E-state index contributed by atoms with van der Waals surface area (Å²) in [4.78, 5) is 2.22. The Morgan fingerprint density at radius 2 is 1.74 bits per heavy atom. The Hall–Kier alpha value is -1.56. The standard InChI is InChI=1S/C26H43F2N3/c1-9-16-30(8)17-10-11-22-13-14-23(26(28)25(22)27)18-31(29-7)21(6)24(20(4)5)15-12-19(2)3/h13-15,19,21,29H,4,9-12,16-18H2,1-3,5-8H3/b24-15-. The average molecular weight is 436 g/mol. The Morgan fingerprint density at radius 3 is 2.29 bits per heavy atom. The Labute approximate surface area is 189 Å². The number of hydrazine groups is 1. The van der Waals surface area contributed by atoms with Gasteiger partial charge in [0.1, 0.15) is 0 Å². The van der Waals surface area contributed by atoms with Crippen LogP contribution in [0.4, 0.5) is 8.78 Å². The molecule has 0 spiro atoms. The van der Waals surface area contributed by atoms with E-state index in [9.17, 15) is 8.78 Å². The maximum atomic E-state index is 14.9. The highest BCUT2D eigenvalue weighted by atomic mass is 19.2. The monoisotopic (exact) mass is 435 g/mol. The second-order valence-electron chi connectivity index (χ2n) is 9.02. The maximum absolute atomic E-state index is 14.9. The number of rotatable bonds is 14. The molecule has 1 unspecified atom stereocenters. The fourth-order valence-corrected chi connectivity index (χ4v) is 3.80. The Balaban J connectivity index is 2.92. The van der Waals surface area contributed by atoms with Crippen LogP contribution in [0.3, 0.4) is 0 Å². The average Bonchev–Trinajstić information content (AvgIpc) is 2.70. The first-order valence-electron chi connectivity index (χ1n) is 11.6. The number of nitrogens with one attached hydrogen (secondary N) is 1. The first-order chi connectivity index (χ1) is 14.6. The highest BCUT2D eigenvalue weighted by Crippen LogP contribution is 2.23. The Bertz CT molecular complexity index is 728. The second-order valence-corrected chi connectivity index (χ2v) is 9.02. The Morgan fingerprint density at radius 1 is 1.13 bits per heavy atom. The van der Waals surface area contributed by atoms with Gasteiger partial charge in [-0.05, 0) is 83.8 Å². The van der Waals surface area contributed by atoms with Gasteiger partial charge in [-0.1, -0.05) is 51.1 Å². The highest BCUT2D eigenvalue weighted by molar-refractivity contribution is 5.32. The van der Waals surface area contributed by atoms with Crippen LogP contribution in [0.15, 0.2) is 35.9 Å². The van der Waals surface area contributed by atoms with Gasteiger partial charge in [-0.25, -0.2) is 13.8 Å². The summed E-state index contributed by atoms with van der Waals surface area (Å²) in [7, 11) is 3.87. The van der Waals surface area contributed by atoms with Crippen molar-refractivity contribution in [3.63, 3.8) is 0 Å². The zero-order chi connectivity index (χ0) is 23.6. The van der Waals surface area contributed by atoms with Crippen molar-refractivity contribution in [1.29, 1.82) is 0 Å². The van der Waals surface area contributed by atoms with Crippen LogP contribution in [0, 0.1) is 17.6 Å². The molecule has 5 heteroatoms. The smallest absolute Gasteiger partial charge is 0.163 e. The van der Waals surface area contributed by atoms with Crippen LogP contribution >= 0.6 is 0 Å². The molecule has 176 valence electrons. The molecule has 0 aliphatic carbocycles. The molecule has 1 aromatic rings. The molecule has 0 saturated heterocycles. The Kier molecular flexibility index (Phi) is 12.2. The zero-order valence-electron chi connectivity index (χ0n) is 20.7. The molecular weight excluding hydrogens is 392 g/mol. The third-order valence-electron chi connectivity index (χ3n) is 5.68. The molecule has 1 rings (SSSR count). The van der Waals surface area contributed by atoms with E-state index in [1.807, 2.05) is 19.0 Å². The minimum absolute atomic E-state index is 0.0162. The first-order valence-corrected chi connectivity index (χ1v) is 11.6. The van der Waals surface area contributed by atoms with Crippen molar-refractivity contribution in [1.82, 2.24) is 15.3 Å². The molecular formula is C26H43F2N3. The fourth-order valence-electron chi connectivity index (χ4n) is 3.80. The molecule has 0 heterocycles. The van der Waals surface area contributed by atoms with Crippen molar-refractivity contribution in [3.05, 3.63) is 58.7 Å². The van der Waals surface area contributed by atoms with Gasteiger partial charge in [-0.3, -0.25) is 5.43 Å². The molecule has 31 heavy (non-hydrogen) atoms. The molecule has 1 N–H and O–H groups in total. The normalized spacial score (nSPS) is 13.5. The molecule has 0 aliphatic rings. The lowest BCUT2D eigenvalue weighted by Gasteiger charge is -2.31. The van der Waals surface area contributed by atoms with E-state index in [0.29, 0.717) is 23.5 Å². The summed E-state index contributed by atoms with van der Waals surface area (Å²) in [6, 6.07) is 3.44. The number of benzene rings is 1. The van der Waals surface area contributed by atoms with Crippen molar-refractivity contribution in [2.75, 3.05) is 27.2 Å². The minimum atomic E-state index is -0.741. The number of allylic oxidation sites excluding steroid dienone is 1. The number of hydrogen-bond donors (Lipinski definition) is 1. The van der Waals surface area contributed by atoms with E-state index in [2.05, 4.69) is 57.7 Å². The molecule has 0 fully saturated rings. The lowest BCUT2D eigenvalue weighted by molar-refractivity contribution is 0.159. The lowest BCUT2D eigenvalue weighted by Crippen LogP contribution is -2.43. The van der Waals surface area contributed by atoms with Crippen molar-refractivity contribution in [2.45, 2.75) is 72.9 Å². The number of nitrogens with zero attached hydrogens (tertiary/aromatic N) is 2. The first kappa shape index (κ1) is 27.5. The number of hydrogen-bond acceptors (Lipinski definition) is 3. The van der Waals surface area contributed by atoms with Crippen molar-refractivity contribution in [2.24, 2.45) is 5.92 Å². The zero-order valence-corrected chi connectivity index (χ0v) is 20.7. The van der Waals surface area contributed by atoms with Crippen LogP contribution < -0.4 is 5.43 Å². The molecule has 0 radical (unpaired) electrons. The van der Waals surface area contributed by atoms with E-state index in [4.69, 9.17) is 0 Å².